The van der Waals surface area contributed by atoms with Gasteiger partial charge in [-0.2, -0.15) is 0 Å². The third kappa shape index (κ3) is 6.40. The van der Waals surface area contributed by atoms with Gasteiger partial charge in [0.2, 0.25) is 0 Å². The predicted molar refractivity (Wildman–Crippen MR) is 161 cm³/mol. The molecule has 0 unspecified atom stereocenters. The zero-order chi connectivity index (χ0) is 30.2. The van der Waals surface area contributed by atoms with Crippen LogP contribution in [0.5, 0.6) is 0 Å². The summed E-state index contributed by atoms with van der Waals surface area (Å²) in [7, 11) is 0. The van der Waals surface area contributed by atoms with Crippen molar-refractivity contribution in [1.82, 2.24) is 0 Å². The first-order valence-corrected chi connectivity index (χ1v) is 17.1. The zero-order valence-electron chi connectivity index (χ0n) is 27.1. The summed E-state index contributed by atoms with van der Waals surface area (Å²) in [4.78, 5) is 25.1. The van der Waals surface area contributed by atoms with E-state index >= 15 is 0 Å². The lowest BCUT2D eigenvalue weighted by atomic mass is 9.44. The van der Waals surface area contributed by atoms with E-state index < -0.39 is 11.7 Å². The minimum atomic E-state index is -1.33. The van der Waals surface area contributed by atoms with Gasteiger partial charge in [0.15, 0.2) is 0 Å². The van der Waals surface area contributed by atoms with Gasteiger partial charge in [0.05, 0.1) is 11.7 Å². The van der Waals surface area contributed by atoms with Crippen LogP contribution in [0, 0.1) is 46.3 Å². The van der Waals surface area contributed by atoms with Gasteiger partial charge in [0.1, 0.15) is 12.2 Å². The SMILES string of the molecule is CCCC(=O)O[C@H]1CC[C@@]2(C)[C@@H](CC[C@@H]3[C@@H]2CC[C@]2(C)[C@@H]([C@](C)(O)[C@@H](O)CCC(C)C)[C@@H](OC(=O)CCC)C[C@@H]32)C1. The molecular weight excluding hydrogens is 516 g/mol. The van der Waals surface area contributed by atoms with Crippen LogP contribution in [0.4, 0.5) is 0 Å². The summed E-state index contributed by atoms with van der Waals surface area (Å²) >= 11 is 0. The van der Waals surface area contributed by atoms with Crippen molar-refractivity contribution in [1.29, 1.82) is 0 Å². The molecule has 4 saturated carbocycles. The number of hydrogen-bond donors (Lipinski definition) is 2. The molecule has 4 aliphatic rings. The average molecular weight is 577 g/mol. The van der Waals surface area contributed by atoms with Crippen LogP contribution >= 0.6 is 0 Å². The van der Waals surface area contributed by atoms with E-state index in [9.17, 15) is 19.8 Å². The Balaban J connectivity index is 1.57. The maximum absolute atomic E-state index is 12.8. The summed E-state index contributed by atoms with van der Waals surface area (Å²) in [6.07, 6.45) is 10.9. The summed E-state index contributed by atoms with van der Waals surface area (Å²) in [5.74, 6) is 1.96. The van der Waals surface area contributed by atoms with Crippen molar-refractivity contribution in [3.05, 3.63) is 0 Å². The van der Waals surface area contributed by atoms with Gasteiger partial charge >= 0.3 is 11.9 Å². The lowest BCUT2D eigenvalue weighted by Crippen LogP contribution is -2.58. The molecule has 0 amide bonds. The molecule has 4 rings (SSSR count). The normalized spacial score (nSPS) is 40.6. The highest BCUT2D eigenvalue weighted by Gasteiger charge is 2.67. The largest absolute Gasteiger partial charge is 0.462 e. The van der Waals surface area contributed by atoms with E-state index in [2.05, 4.69) is 27.7 Å². The van der Waals surface area contributed by atoms with Gasteiger partial charge in [-0.1, -0.05) is 41.5 Å². The topological polar surface area (TPSA) is 93.1 Å². The van der Waals surface area contributed by atoms with Crippen LogP contribution in [0.25, 0.3) is 0 Å². The van der Waals surface area contributed by atoms with Gasteiger partial charge in [0.25, 0.3) is 0 Å². The smallest absolute Gasteiger partial charge is 0.306 e. The fourth-order valence-electron chi connectivity index (χ4n) is 10.3. The monoisotopic (exact) mass is 576 g/mol. The number of aliphatic hydroxyl groups is 2. The molecule has 0 aromatic rings. The first-order chi connectivity index (χ1) is 19.3. The Morgan fingerprint density at radius 3 is 2.15 bits per heavy atom. The van der Waals surface area contributed by atoms with Crippen LogP contribution in [0.2, 0.25) is 0 Å². The molecule has 4 aliphatic carbocycles. The van der Waals surface area contributed by atoms with E-state index in [0.717, 1.165) is 70.6 Å². The molecule has 236 valence electrons. The van der Waals surface area contributed by atoms with Crippen LogP contribution in [0.1, 0.15) is 138 Å². The Hall–Kier alpha value is -1.14. The molecule has 6 heteroatoms. The van der Waals surface area contributed by atoms with Crippen LogP contribution in [0.3, 0.4) is 0 Å². The third-order valence-electron chi connectivity index (χ3n) is 12.4. The first kappa shape index (κ1) is 32.8. The second kappa shape index (κ2) is 12.8. The summed E-state index contributed by atoms with van der Waals surface area (Å²) < 4.78 is 12.1. The highest BCUT2D eigenvalue weighted by molar-refractivity contribution is 5.69. The van der Waals surface area contributed by atoms with Gasteiger partial charge in [-0.05, 0) is 124 Å². The van der Waals surface area contributed by atoms with E-state index in [1.165, 1.54) is 0 Å². The standard InChI is InChI=1S/C35H60O6/c1-8-10-30(37)40-24-16-18-33(5)23(20-24)13-14-25-26(33)17-19-34(6)27(25)21-28(41-31(38)11-9-2)32(34)35(7,39)29(36)15-12-22(3)4/h22-29,32,36,39H,8-21H2,1-7H3/t23-,24-,25+,26-,27-,28-,29-,32-,33-,34-,35+/m0/s1. The van der Waals surface area contributed by atoms with E-state index in [-0.39, 0.29) is 40.9 Å². The molecule has 11 atom stereocenters. The summed E-state index contributed by atoms with van der Waals surface area (Å²) in [6, 6.07) is 0. The molecule has 0 bridgehead atoms. The fourth-order valence-corrected chi connectivity index (χ4v) is 10.3. The molecule has 4 fully saturated rings. The minimum Gasteiger partial charge on any atom is -0.462 e. The molecule has 0 aromatic carbocycles. The van der Waals surface area contributed by atoms with Crippen LogP contribution in [0.15, 0.2) is 0 Å². The maximum atomic E-state index is 12.8. The van der Waals surface area contributed by atoms with Crippen LogP contribution in [-0.4, -0.2) is 46.1 Å². The average Bonchev–Trinajstić information content (AvgIpc) is 3.19. The first-order valence-electron chi connectivity index (χ1n) is 17.1. The number of fused-ring (bicyclic) bond motifs is 5. The number of carbonyl (C=O) groups is 2. The highest BCUT2D eigenvalue weighted by atomic mass is 16.5. The number of rotatable bonds is 11. The molecular formula is C35H60O6. The molecule has 0 aliphatic heterocycles. The zero-order valence-corrected chi connectivity index (χ0v) is 27.1. The predicted octanol–water partition coefficient (Wildman–Crippen LogP) is 7.23. The van der Waals surface area contributed by atoms with Gasteiger partial charge in [0, 0.05) is 18.8 Å². The number of ether oxygens (including phenoxy) is 2. The van der Waals surface area contributed by atoms with Gasteiger partial charge in [-0.15, -0.1) is 0 Å². The van der Waals surface area contributed by atoms with Gasteiger partial charge in [-0.25, -0.2) is 0 Å². The highest BCUT2D eigenvalue weighted by Crippen LogP contribution is 2.69. The Labute approximate surface area is 249 Å². The lowest BCUT2D eigenvalue weighted by molar-refractivity contribution is -0.189. The molecule has 0 saturated heterocycles. The quantitative estimate of drug-likeness (QED) is 0.252. The lowest BCUT2D eigenvalue weighted by Gasteiger charge is -2.61. The third-order valence-corrected chi connectivity index (χ3v) is 12.4. The van der Waals surface area contributed by atoms with Crippen LogP contribution < -0.4 is 0 Å². The van der Waals surface area contributed by atoms with E-state index in [4.69, 9.17) is 9.47 Å². The van der Waals surface area contributed by atoms with Crippen molar-refractivity contribution < 1.29 is 29.3 Å². The Morgan fingerprint density at radius 1 is 0.878 bits per heavy atom. The number of hydrogen-bond acceptors (Lipinski definition) is 6. The molecule has 0 heterocycles. The van der Waals surface area contributed by atoms with E-state index in [0.29, 0.717) is 48.9 Å². The molecule has 2 N–H and O–H groups in total. The minimum absolute atomic E-state index is 0.0495. The summed E-state index contributed by atoms with van der Waals surface area (Å²) in [6.45, 7) is 14.9. The number of carbonyl (C=O) groups excluding carboxylic acids is 2. The molecule has 41 heavy (non-hydrogen) atoms. The van der Waals surface area contributed by atoms with Gasteiger partial charge in [-0.3, -0.25) is 9.59 Å². The van der Waals surface area contributed by atoms with Crippen molar-refractivity contribution in [2.45, 2.75) is 162 Å². The van der Waals surface area contributed by atoms with Crippen molar-refractivity contribution in [3.8, 4) is 0 Å². The Bertz CT molecular complexity index is 914. The molecule has 0 radical (unpaired) electrons. The van der Waals surface area contributed by atoms with Crippen molar-refractivity contribution >= 4 is 11.9 Å². The van der Waals surface area contributed by atoms with Gasteiger partial charge < -0.3 is 19.7 Å². The maximum Gasteiger partial charge on any atom is 0.306 e. The van der Waals surface area contributed by atoms with Crippen LogP contribution in [-0.2, 0) is 19.1 Å². The van der Waals surface area contributed by atoms with Crippen molar-refractivity contribution in [3.63, 3.8) is 0 Å². The summed E-state index contributed by atoms with van der Waals surface area (Å²) in [5.41, 5.74) is -1.30. The fraction of sp³-hybridized carbons (Fsp3) is 0.943. The molecule has 0 spiro atoms. The van der Waals surface area contributed by atoms with Crippen molar-refractivity contribution in [2.24, 2.45) is 46.3 Å². The second-order valence-electron chi connectivity index (χ2n) is 15.5. The van der Waals surface area contributed by atoms with Crippen molar-refractivity contribution in [2.75, 3.05) is 0 Å². The number of aliphatic hydroxyl groups excluding tert-OH is 1. The van der Waals surface area contributed by atoms with E-state index in [1.54, 1.807) is 0 Å². The molecule has 6 nitrogen and oxygen atoms in total. The van der Waals surface area contributed by atoms with E-state index in [1.807, 2.05) is 20.8 Å². The second-order valence-corrected chi connectivity index (χ2v) is 15.5. The Kier molecular flexibility index (Phi) is 10.3. The Morgan fingerprint density at radius 2 is 1.51 bits per heavy atom. The molecule has 0 aromatic heterocycles. The summed E-state index contributed by atoms with van der Waals surface area (Å²) in [5, 5.41) is 23.5. The number of esters is 2.